The number of hydrogen-bond donors (Lipinski definition) is 0. The fraction of sp³-hybridized carbons (Fsp3) is 0.200. The third-order valence-corrected chi connectivity index (χ3v) is 4.10. The highest BCUT2D eigenvalue weighted by Crippen LogP contribution is 2.29. The molecule has 0 N–H and O–H groups in total. The summed E-state index contributed by atoms with van der Waals surface area (Å²) in [6.07, 6.45) is 1.66. The summed E-state index contributed by atoms with van der Waals surface area (Å²) in [6.45, 7) is 0.727. The van der Waals surface area contributed by atoms with Gasteiger partial charge >= 0.3 is 0 Å². The minimum atomic E-state index is 0.597. The zero-order valence-electron chi connectivity index (χ0n) is 14.2. The normalized spacial score (nSPS) is 10.4. The molecule has 0 saturated carbocycles. The molecule has 0 unspecified atom stereocenters. The summed E-state index contributed by atoms with van der Waals surface area (Å²) in [5, 5.41) is 10.5. The van der Waals surface area contributed by atoms with Gasteiger partial charge in [-0.3, -0.25) is 4.98 Å². The maximum Gasteiger partial charge on any atom is 0.103 e. The molecule has 0 atom stereocenters. The number of aromatic nitrogens is 1. The first-order valence-electron chi connectivity index (χ1n) is 7.85. The van der Waals surface area contributed by atoms with E-state index in [9.17, 15) is 5.26 Å². The summed E-state index contributed by atoms with van der Waals surface area (Å²) >= 11 is 0. The van der Waals surface area contributed by atoms with Crippen molar-refractivity contribution in [2.45, 2.75) is 6.54 Å². The number of nitriles is 1. The van der Waals surface area contributed by atoms with Crippen LogP contribution in [0.15, 0.2) is 54.7 Å². The van der Waals surface area contributed by atoms with Crippen LogP contribution in [0.1, 0.15) is 11.1 Å². The highest BCUT2D eigenvalue weighted by Gasteiger charge is 2.13. The predicted octanol–water partition coefficient (Wildman–Crippen LogP) is 3.81. The number of anilines is 2. The van der Waals surface area contributed by atoms with E-state index in [1.807, 2.05) is 45.4 Å². The zero-order valence-corrected chi connectivity index (χ0v) is 14.2. The van der Waals surface area contributed by atoms with Crippen LogP contribution in [0.5, 0.6) is 0 Å². The SMILES string of the molecule is CN(C)c1cccc(CN(C)c2c(C#N)cnc3ccccc23)c1. The van der Waals surface area contributed by atoms with Gasteiger partial charge in [-0.05, 0) is 23.8 Å². The lowest BCUT2D eigenvalue weighted by molar-refractivity contribution is 0.923. The zero-order chi connectivity index (χ0) is 17.1. The van der Waals surface area contributed by atoms with Gasteiger partial charge in [-0.15, -0.1) is 0 Å². The summed E-state index contributed by atoms with van der Waals surface area (Å²) in [7, 11) is 6.09. The fourth-order valence-electron chi connectivity index (χ4n) is 2.91. The van der Waals surface area contributed by atoms with Crippen LogP contribution >= 0.6 is 0 Å². The molecule has 0 saturated heterocycles. The van der Waals surface area contributed by atoms with Crippen molar-refractivity contribution < 1.29 is 0 Å². The third kappa shape index (κ3) is 3.02. The summed E-state index contributed by atoms with van der Waals surface area (Å²) in [6, 6.07) is 18.6. The summed E-state index contributed by atoms with van der Waals surface area (Å²) < 4.78 is 0. The molecule has 0 amide bonds. The van der Waals surface area contributed by atoms with E-state index in [1.54, 1.807) is 6.20 Å². The average molecular weight is 316 g/mol. The summed E-state index contributed by atoms with van der Waals surface area (Å²) in [4.78, 5) is 8.60. The monoisotopic (exact) mass is 316 g/mol. The number of para-hydroxylation sites is 1. The second kappa shape index (κ2) is 6.59. The molecule has 4 nitrogen and oxygen atoms in total. The lowest BCUT2D eigenvalue weighted by Crippen LogP contribution is -2.18. The Kier molecular flexibility index (Phi) is 4.35. The molecule has 3 rings (SSSR count). The molecule has 0 radical (unpaired) electrons. The number of rotatable bonds is 4. The van der Waals surface area contributed by atoms with Gasteiger partial charge in [0.2, 0.25) is 0 Å². The highest BCUT2D eigenvalue weighted by molar-refractivity contribution is 5.94. The quantitative estimate of drug-likeness (QED) is 0.734. The molecule has 4 heteroatoms. The second-order valence-electron chi connectivity index (χ2n) is 6.07. The first kappa shape index (κ1) is 15.8. The van der Waals surface area contributed by atoms with E-state index in [4.69, 9.17) is 0 Å². The lowest BCUT2D eigenvalue weighted by Gasteiger charge is -2.23. The minimum Gasteiger partial charge on any atom is -0.378 e. The van der Waals surface area contributed by atoms with E-state index in [0.29, 0.717) is 5.56 Å². The molecule has 0 aliphatic carbocycles. The van der Waals surface area contributed by atoms with Crippen LogP contribution in [0.4, 0.5) is 11.4 Å². The second-order valence-corrected chi connectivity index (χ2v) is 6.07. The maximum absolute atomic E-state index is 9.49. The standard InChI is InChI=1S/C20H20N4/c1-23(2)17-8-6-7-15(11-17)14-24(3)20-16(12-21)13-22-19-10-5-4-9-18(19)20/h4-11,13H,14H2,1-3H3. The molecule has 2 aromatic carbocycles. The smallest absolute Gasteiger partial charge is 0.103 e. The van der Waals surface area contributed by atoms with Crippen LogP contribution in [0.2, 0.25) is 0 Å². The van der Waals surface area contributed by atoms with E-state index in [1.165, 1.54) is 11.3 Å². The molecule has 1 heterocycles. The van der Waals surface area contributed by atoms with Gasteiger partial charge in [0.25, 0.3) is 0 Å². The Hall–Kier alpha value is -3.06. The van der Waals surface area contributed by atoms with Gasteiger partial charge in [-0.25, -0.2) is 0 Å². The van der Waals surface area contributed by atoms with Crippen LogP contribution in [-0.2, 0) is 6.54 Å². The predicted molar refractivity (Wildman–Crippen MR) is 99.3 cm³/mol. The Morgan fingerprint density at radius 1 is 1.04 bits per heavy atom. The van der Waals surface area contributed by atoms with Gasteiger partial charge in [0.1, 0.15) is 6.07 Å². The molecule has 0 spiro atoms. The first-order valence-corrected chi connectivity index (χ1v) is 7.85. The van der Waals surface area contributed by atoms with Crippen molar-refractivity contribution in [3.63, 3.8) is 0 Å². The van der Waals surface area contributed by atoms with Crippen molar-refractivity contribution in [1.82, 2.24) is 4.98 Å². The Bertz CT molecular complexity index is 909. The largest absolute Gasteiger partial charge is 0.378 e. The Morgan fingerprint density at radius 2 is 1.83 bits per heavy atom. The van der Waals surface area contributed by atoms with Crippen LogP contribution < -0.4 is 9.80 Å². The molecule has 24 heavy (non-hydrogen) atoms. The number of pyridine rings is 1. The number of hydrogen-bond acceptors (Lipinski definition) is 4. The molecule has 0 aliphatic rings. The summed E-state index contributed by atoms with van der Waals surface area (Å²) in [5.41, 5.74) is 4.80. The molecule has 0 bridgehead atoms. The summed E-state index contributed by atoms with van der Waals surface area (Å²) in [5.74, 6) is 0. The number of benzene rings is 2. The van der Waals surface area contributed by atoms with Crippen molar-refractivity contribution >= 4 is 22.3 Å². The molecular formula is C20H20N4. The van der Waals surface area contributed by atoms with E-state index in [-0.39, 0.29) is 0 Å². The van der Waals surface area contributed by atoms with Crippen LogP contribution in [-0.4, -0.2) is 26.1 Å². The first-order chi connectivity index (χ1) is 11.6. The van der Waals surface area contributed by atoms with Gasteiger partial charge in [-0.2, -0.15) is 5.26 Å². The topological polar surface area (TPSA) is 43.2 Å². The van der Waals surface area contributed by atoms with Crippen LogP contribution in [0, 0.1) is 11.3 Å². The van der Waals surface area contributed by atoms with Crippen LogP contribution in [0.25, 0.3) is 10.9 Å². The van der Waals surface area contributed by atoms with Crippen molar-refractivity contribution in [2.75, 3.05) is 30.9 Å². The molecule has 0 aliphatic heterocycles. The average Bonchev–Trinajstić information content (AvgIpc) is 2.60. The van der Waals surface area contributed by atoms with E-state index in [2.05, 4.69) is 45.1 Å². The van der Waals surface area contributed by atoms with Gasteiger partial charge < -0.3 is 9.80 Å². The van der Waals surface area contributed by atoms with E-state index < -0.39 is 0 Å². The number of nitrogens with zero attached hydrogens (tertiary/aromatic N) is 4. The Morgan fingerprint density at radius 3 is 2.58 bits per heavy atom. The lowest BCUT2D eigenvalue weighted by atomic mass is 10.1. The number of fused-ring (bicyclic) bond motifs is 1. The van der Waals surface area contributed by atoms with Crippen molar-refractivity contribution in [2.24, 2.45) is 0 Å². The van der Waals surface area contributed by atoms with Gasteiger partial charge in [0.05, 0.1) is 16.8 Å². The Balaban J connectivity index is 2.01. The minimum absolute atomic E-state index is 0.597. The molecule has 120 valence electrons. The molecule has 1 aromatic heterocycles. The van der Waals surface area contributed by atoms with Crippen molar-refractivity contribution in [3.05, 3.63) is 65.9 Å². The maximum atomic E-state index is 9.49. The van der Waals surface area contributed by atoms with E-state index >= 15 is 0 Å². The highest BCUT2D eigenvalue weighted by atomic mass is 15.1. The molecule has 0 fully saturated rings. The van der Waals surface area contributed by atoms with Crippen molar-refractivity contribution in [1.29, 1.82) is 5.26 Å². The van der Waals surface area contributed by atoms with Gasteiger partial charge in [0, 0.05) is 45.0 Å². The molecular weight excluding hydrogens is 296 g/mol. The van der Waals surface area contributed by atoms with Gasteiger partial charge in [0.15, 0.2) is 0 Å². The molecule has 3 aromatic rings. The third-order valence-electron chi connectivity index (χ3n) is 4.10. The van der Waals surface area contributed by atoms with Crippen LogP contribution in [0.3, 0.4) is 0 Å². The van der Waals surface area contributed by atoms with Crippen molar-refractivity contribution in [3.8, 4) is 6.07 Å². The van der Waals surface area contributed by atoms with E-state index in [0.717, 1.165) is 23.1 Å². The Labute approximate surface area is 142 Å². The van der Waals surface area contributed by atoms with Gasteiger partial charge in [-0.1, -0.05) is 30.3 Å². The fourth-order valence-corrected chi connectivity index (χ4v) is 2.91.